The Morgan fingerprint density at radius 3 is 2.22 bits per heavy atom. The average Bonchev–Trinajstić information content (AvgIpc) is 2.50. The van der Waals surface area contributed by atoms with E-state index >= 15 is 0 Å². The van der Waals surface area contributed by atoms with E-state index in [0.717, 1.165) is 10.4 Å². The number of rotatable bonds is 6. The molecule has 3 N–H and O–H groups in total. The number of hydrogen-bond acceptors (Lipinski definition) is 2. The summed E-state index contributed by atoms with van der Waals surface area (Å²) >= 11 is 3.35. The Morgan fingerprint density at radius 1 is 1.13 bits per heavy atom. The second kappa shape index (κ2) is 11.7. The normalized spacial score (nSPS) is 12.3. The predicted molar refractivity (Wildman–Crippen MR) is 111 cm³/mol. The first-order chi connectivity index (χ1) is 10.4. The molecular weight excluding hydrogens is 471 g/mol. The Labute approximate surface area is 164 Å². The van der Waals surface area contributed by atoms with Gasteiger partial charge < -0.3 is 16.0 Å². The summed E-state index contributed by atoms with van der Waals surface area (Å²) < 4.78 is 0.958. The zero-order valence-electron chi connectivity index (χ0n) is 14.0. The fraction of sp³-hybridized carbons (Fsp3) is 0.500. The Bertz CT molecular complexity index is 505. The molecule has 0 aliphatic carbocycles. The summed E-state index contributed by atoms with van der Waals surface area (Å²) in [6.45, 7) is 7.58. The standard InChI is InChI=1S/C16H25BrN4O.HI/c1-11(2)12(3)21-16(18-4)20-10-9-19-15(22)13-5-7-14(17)8-6-13;/h5-8,11-12H,9-10H2,1-4H3,(H,19,22)(H2,18,20,21);1H. The molecule has 1 atom stereocenters. The lowest BCUT2D eigenvalue weighted by Crippen LogP contribution is -2.46. The first-order valence-corrected chi connectivity index (χ1v) is 8.24. The molecule has 0 aromatic heterocycles. The van der Waals surface area contributed by atoms with Gasteiger partial charge in [0.15, 0.2) is 5.96 Å². The van der Waals surface area contributed by atoms with E-state index in [0.29, 0.717) is 30.6 Å². The number of guanidine groups is 1. The van der Waals surface area contributed by atoms with Crippen molar-refractivity contribution in [1.29, 1.82) is 0 Å². The molecule has 1 amide bonds. The van der Waals surface area contributed by atoms with Crippen LogP contribution in [-0.4, -0.2) is 38.0 Å². The molecule has 1 aromatic rings. The predicted octanol–water partition coefficient (Wildman–Crippen LogP) is 3.01. The molecule has 1 unspecified atom stereocenters. The second-order valence-corrected chi connectivity index (χ2v) is 6.35. The molecule has 0 aliphatic heterocycles. The van der Waals surface area contributed by atoms with Crippen molar-refractivity contribution in [2.75, 3.05) is 20.1 Å². The van der Waals surface area contributed by atoms with Gasteiger partial charge in [-0.2, -0.15) is 0 Å². The van der Waals surface area contributed by atoms with Gasteiger partial charge in [0.05, 0.1) is 0 Å². The third-order valence-electron chi connectivity index (χ3n) is 3.40. The molecule has 130 valence electrons. The van der Waals surface area contributed by atoms with Crippen LogP contribution >= 0.6 is 39.9 Å². The molecule has 0 radical (unpaired) electrons. The van der Waals surface area contributed by atoms with Crippen LogP contribution in [0.1, 0.15) is 31.1 Å². The zero-order chi connectivity index (χ0) is 16.5. The summed E-state index contributed by atoms with van der Waals surface area (Å²) in [5.41, 5.74) is 0.652. The lowest BCUT2D eigenvalue weighted by atomic mass is 10.1. The van der Waals surface area contributed by atoms with Gasteiger partial charge in [0.2, 0.25) is 0 Å². The summed E-state index contributed by atoms with van der Waals surface area (Å²) in [6.07, 6.45) is 0. The second-order valence-electron chi connectivity index (χ2n) is 5.44. The SMILES string of the molecule is CN=C(NCCNC(=O)c1ccc(Br)cc1)NC(C)C(C)C.I. The molecule has 0 saturated heterocycles. The molecule has 0 bridgehead atoms. The number of nitrogens with one attached hydrogen (secondary N) is 3. The smallest absolute Gasteiger partial charge is 0.251 e. The quantitative estimate of drug-likeness (QED) is 0.245. The number of benzene rings is 1. The van der Waals surface area contributed by atoms with Crippen LogP contribution in [0.5, 0.6) is 0 Å². The fourth-order valence-electron chi connectivity index (χ4n) is 1.64. The lowest BCUT2D eigenvalue weighted by molar-refractivity contribution is 0.0954. The number of carbonyl (C=O) groups is 1. The fourth-order valence-corrected chi connectivity index (χ4v) is 1.90. The number of hydrogen-bond donors (Lipinski definition) is 3. The van der Waals surface area contributed by atoms with Crippen LogP contribution in [0.2, 0.25) is 0 Å². The van der Waals surface area contributed by atoms with E-state index in [1.54, 1.807) is 19.2 Å². The van der Waals surface area contributed by atoms with Gasteiger partial charge in [-0.15, -0.1) is 24.0 Å². The van der Waals surface area contributed by atoms with Gasteiger partial charge >= 0.3 is 0 Å². The highest BCUT2D eigenvalue weighted by molar-refractivity contribution is 14.0. The average molecular weight is 497 g/mol. The maximum Gasteiger partial charge on any atom is 0.251 e. The molecule has 0 heterocycles. The van der Waals surface area contributed by atoms with Crippen LogP contribution in [0.25, 0.3) is 0 Å². The third kappa shape index (κ3) is 8.55. The van der Waals surface area contributed by atoms with Crippen molar-refractivity contribution in [3.8, 4) is 0 Å². The van der Waals surface area contributed by atoms with Gasteiger partial charge in [0, 0.05) is 36.2 Å². The van der Waals surface area contributed by atoms with Gasteiger partial charge in [-0.3, -0.25) is 9.79 Å². The van der Waals surface area contributed by atoms with E-state index in [-0.39, 0.29) is 29.9 Å². The minimum atomic E-state index is -0.0761. The van der Waals surface area contributed by atoms with Crippen LogP contribution in [0.4, 0.5) is 0 Å². The van der Waals surface area contributed by atoms with Gasteiger partial charge in [0.25, 0.3) is 5.91 Å². The molecule has 0 fully saturated rings. The molecule has 23 heavy (non-hydrogen) atoms. The highest BCUT2D eigenvalue weighted by Crippen LogP contribution is 2.10. The number of carbonyl (C=O) groups excluding carboxylic acids is 1. The summed E-state index contributed by atoms with van der Waals surface area (Å²) in [5, 5.41) is 9.38. The highest BCUT2D eigenvalue weighted by Gasteiger charge is 2.09. The van der Waals surface area contributed by atoms with Gasteiger partial charge in [-0.25, -0.2) is 0 Å². The summed E-state index contributed by atoms with van der Waals surface area (Å²) in [6, 6.07) is 7.62. The number of halogens is 2. The van der Waals surface area contributed by atoms with Crippen molar-refractivity contribution in [3.63, 3.8) is 0 Å². The van der Waals surface area contributed by atoms with Crippen LogP contribution in [0.3, 0.4) is 0 Å². The van der Waals surface area contributed by atoms with E-state index in [1.165, 1.54) is 0 Å². The van der Waals surface area contributed by atoms with Crippen LogP contribution < -0.4 is 16.0 Å². The minimum absolute atomic E-state index is 0. The first kappa shape index (κ1) is 22.2. The van der Waals surface area contributed by atoms with Crippen molar-refractivity contribution in [3.05, 3.63) is 34.3 Å². The Balaban J connectivity index is 0.00000484. The maximum absolute atomic E-state index is 11.9. The molecule has 0 saturated carbocycles. The molecule has 7 heteroatoms. The van der Waals surface area contributed by atoms with Crippen LogP contribution in [0, 0.1) is 5.92 Å². The van der Waals surface area contributed by atoms with Crippen molar-refractivity contribution >= 4 is 51.8 Å². The lowest BCUT2D eigenvalue weighted by Gasteiger charge is -2.20. The van der Waals surface area contributed by atoms with Gasteiger partial charge in [-0.1, -0.05) is 29.8 Å². The molecule has 1 rings (SSSR count). The van der Waals surface area contributed by atoms with Crippen molar-refractivity contribution in [1.82, 2.24) is 16.0 Å². The largest absolute Gasteiger partial charge is 0.355 e. The molecule has 1 aromatic carbocycles. The minimum Gasteiger partial charge on any atom is -0.355 e. The zero-order valence-corrected chi connectivity index (χ0v) is 17.9. The molecule has 5 nitrogen and oxygen atoms in total. The van der Waals surface area contributed by atoms with Crippen LogP contribution in [0.15, 0.2) is 33.7 Å². The number of aliphatic imine (C=N–C) groups is 1. The van der Waals surface area contributed by atoms with E-state index in [9.17, 15) is 4.79 Å². The van der Waals surface area contributed by atoms with Gasteiger partial charge in [0.1, 0.15) is 0 Å². The Morgan fingerprint density at radius 2 is 1.70 bits per heavy atom. The van der Waals surface area contributed by atoms with E-state index in [2.05, 4.69) is 57.6 Å². The van der Waals surface area contributed by atoms with E-state index < -0.39 is 0 Å². The first-order valence-electron chi connectivity index (χ1n) is 7.45. The van der Waals surface area contributed by atoms with Crippen molar-refractivity contribution in [2.24, 2.45) is 10.9 Å². The van der Waals surface area contributed by atoms with E-state index in [1.807, 2.05) is 12.1 Å². The highest BCUT2D eigenvalue weighted by atomic mass is 127. The third-order valence-corrected chi connectivity index (χ3v) is 3.93. The topological polar surface area (TPSA) is 65.5 Å². The summed E-state index contributed by atoms with van der Waals surface area (Å²) in [4.78, 5) is 16.1. The molecule has 0 spiro atoms. The maximum atomic E-state index is 11.9. The summed E-state index contributed by atoms with van der Waals surface area (Å²) in [7, 11) is 1.74. The van der Waals surface area contributed by atoms with Crippen LogP contribution in [-0.2, 0) is 0 Å². The van der Waals surface area contributed by atoms with Gasteiger partial charge in [-0.05, 0) is 37.1 Å². The molecular formula is C16H26BrIN4O. The van der Waals surface area contributed by atoms with E-state index in [4.69, 9.17) is 0 Å². The number of amides is 1. The Kier molecular flexibility index (Phi) is 11.2. The van der Waals surface area contributed by atoms with Crippen molar-refractivity contribution in [2.45, 2.75) is 26.8 Å². The molecule has 0 aliphatic rings. The van der Waals surface area contributed by atoms with Crippen molar-refractivity contribution < 1.29 is 4.79 Å². The summed E-state index contributed by atoms with van der Waals surface area (Å²) in [5.74, 6) is 1.20. The monoisotopic (exact) mass is 496 g/mol. The Hall–Kier alpha value is -0.830. The number of nitrogens with zero attached hydrogens (tertiary/aromatic N) is 1.